The molecule has 0 saturated heterocycles. The molecule has 17 heavy (non-hydrogen) atoms. The zero-order chi connectivity index (χ0) is 12.4. The van der Waals surface area contributed by atoms with Crippen molar-refractivity contribution in [2.75, 3.05) is 0 Å². The van der Waals surface area contributed by atoms with Gasteiger partial charge in [-0.25, -0.2) is 0 Å². The van der Waals surface area contributed by atoms with Crippen molar-refractivity contribution in [2.24, 2.45) is 0 Å². The summed E-state index contributed by atoms with van der Waals surface area (Å²) in [5.41, 5.74) is 0.0550. The van der Waals surface area contributed by atoms with E-state index in [2.05, 4.69) is 10.3 Å². The molecule has 0 radical (unpaired) electrons. The highest BCUT2D eigenvalue weighted by Crippen LogP contribution is 2.09. The first kappa shape index (κ1) is 11.4. The van der Waals surface area contributed by atoms with Crippen molar-refractivity contribution < 1.29 is 4.79 Å². The molecule has 0 saturated carbocycles. The van der Waals surface area contributed by atoms with E-state index >= 15 is 0 Å². The Balaban J connectivity index is 2.50. The molecule has 4 nitrogen and oxygen atoms in total. The summed E-state index contributed by atoms with van der Waals surface area (Å²) in [7, 11) is 0. The predicted octanol–water partition coefficient (Wildman–Crippen LogP) is 1.67. The first-order chi connectivity index (χ1) is 8.08. The van der Waals surface area contributed by atoms with Crippen LogP contribution in [0.1, 0.15) is 24.3 Å². The van der Waals surface area contributed by atoms with Crippen molar-refractivity contribution in [1.82, 2.24) is 10.3 Å². The number of hydrogen-bond donors (Lipinski definition) is 2. The van der Waals surface area contributed by atoms with Gasteiger partial charge in [0, 0.05) is 11.4 Å². The van der Waals surface area contributed by atoms with E-state index in [-0.39, 0.29) is 17.5 Å². The molecule has 2 rings (SSSR count). The van der Waals surface area contributed by atoms with E-state index in [9.17, 15) is 9.59 Å². The lowest BCUT2D eigenvalue weighted by Crippen LogP contribution is -2.31. The molecule has 0 aliphatic heterocycles. The van der Waals surface area contributed by atoms with Crippen molar-refractivity contribution in [3.8, 4) is 0 Å². The van der Waals surface area contributed by atoms with Gasteiger partial charge in [0.2, 0.25) is 0 Å². The molecule has 88 valence electrons. The molecular formula is C13H14N2O2. The Hall–Kier alpha value is -2.10. The zero-order valence-corrected chi connectivity index (χ0v) is 9.78. The van der Waals surface area contributed by atoms with Crippen LogP contribution in [-0.2, 0) is 0 Å². The van der Waals surface area contributed by atoms with Gasteiger partial charge in [-0.1, -0.05) is 18.2 Å². The van der Waals surface area contributed by atoms with Crippen LogP contribution in [0.15, 0.2) is 35.1 Å². The maximum atomic E-state index is 11.8. The molecule has 2 aromatic rings. The third kappa shape index (κ3) is 2.36. The number of fused-ring (bicyclic) bond motifs is 1. The highest BCUT2D eigenvalue weighted by molar-refractivity contribution is 5.96. The third-order valence-electron chi connectivity index (χ3n) is 2.42. The number of amides is 1. The number of aromatic nitrogens is 1. The van der Waals surface area contributed by atoms with Crippen molar-refractivity contribution >= 4 is 16.7 Å². The van der Waals surface area contributed by atoms with E-state index in [1.807, 2.05) is 26.0 Å². The molecule has 0 spiro atoms. The molecule has 0 aliphatic carbocycles. The fourth-order valence-electron chi connectivity index (χ4n) is 1.67. The summed E-state index contributed by atoms with van der Waals surface area (Å²) in [6.07, 6.45) is 0. The number of carbonyl (C=O) groups is 1. The molecule has 0 unspecified atom stereocenters. The Morgan fingerprint density at radius 1 is 1.29 bits per heavy atom. The van der Waals surface area contributed by atoms with Crippen LogP contribution in [-0.4, -0.2) is 16.9 Å². The molecule has 0 bridgehead atoms. The number of nitrogens with one attached hydrogen (secondary N) is 2. The van der Waals surface area contributed by atoms with Crippen LogP contribution < -0.4 is 10.9 Å². The molecule has 1 amide bonds. The fourth-order valence-corrected chi connectivity index (χ4v) is 1.67. The normalized spacial score (nSPS) is 10.8. The number of rotatable bonds is 2. The Bertz CT molecular complexity index is 614. The van der Waals surface area contributed by atoms with Gasteiger partial charge in [-0.15, -0.1) is 0 Å². The Labute approximate surface area is 98.7 Å². The molecule has 0 fully saturated rings. The van der Waals surface area contributed by atoms with E-state index in [1.54, 1.807) is 18.2 Å². The quantitative estimate of drug-likeness (QED) is 0.824. The topological polar surface area (TPSA) is 62.0 Å². The third-order valence-corrected chi connectivity index (χ3v) is 2.42. The second kappa shape index (κ2) is 4.41. The summed E-state index contributed by atoms with van der Waals surface area (Å²) >= 11 is 0. The standard InChI is InChI=1S/C13H14N2O2/c1-8(2)14-13(17)11-7-9-5-3-4-6-10(9)12(16)15-11/h3-8H,1-2H3,(H,14,17)(H,15,16). The highest BCUT2D eigenvalue weighted by Gasteiger charge is 2.09. The van der Waals surface area contributed by atoms with Crippen LogP contribution in [0.4, 0.5) is 0 Å². The number of pyridine rings is 1. The summed E-state index contributed by atoms with van der Waals surface area (Å²) in [5, 5.41) is 4.10. The van der Waals surface area contributed by atoms with Gasteiger partial charge in [0.1, 0.15) is 5.69 Å². The molecular weight excluding hydrogens is 216 g/mol. The predicted molar refractivity (Wildman–Crippen MR) is 67.2 cm³/mol. The fraction of sp³-hybridized carbons (Fsp3) is 0.231. The second-order valence-electron chi connectivity index (χ2n) is 4.23. The first-order valence-electron chi connectivity index (χ1n) is 5.51. The Morgan fingerprint density at radius 2 is 2.00 bits per heavy atom. The van der Waals surface area contributed by atoms with Crippen LogP contribution in [0.5, 0.6) is 0 Å². The van der Waals surface area contributed by atoms with Gasteiger partial charge in [-0.2, -0.15) is 0 Å². The lowest BCUT2D eigenvalue weighted by Gasteiger charge is -2.08. The van der Waals surface area contributed by atoms with E-state index in [1.165, 1.54) is 0 Å². The van der Waals surface area contributed by atoms with Gasteiger partial charge in [0.25, 0.3) is 11.5 Å². The molecule has 4 heteroatoms. The summed E-state index contributed by atoms with van der Waals surface area (Å²) in [4.78, 5) is 26.1. The number of hydrogen-bond acceptors (Lipinski definition) is 2. The Kier molecular flexibility index (Phi) is 2.95. The summed E-state index contributed by atoms with van der Waals surface area (Å²) in [6, 6.07) is 8.92. The van der Waals surface area contributed by atoms with E-state index < -0.39 is 0 Å². The van der Waals surface area contributed by atoms with Gasteiger partial charge >= 0.3 is 0 Å². The molecule has 0 aliphatic rings. The lowest BCUT2D eigenvalue weighted by atomic mass is 10.1. The van der Waals surface area contributed by atoms with Crippen molar-refractivity contribution in [1.29, 1.82) is 0 Å². The second-order valence-corrected chi connectivity index (χ2v) is 4.23. The van der Waals surface area contributed by atoms with E-state index in [4.69, 9.17) is 0 Å². The average Bonchev–Trinajstić information content (AvgIpc) is 2.28. The minimum atomic E-state index is -0.261. The monoisotopic (exact) mass is 230 g/mol. The van der Waals surface area contributed by atoms with Crippen molar-refractivity contribution in [3.63, 3.8) is 0 Å². The zero-order valence-electron chi connectivity index (χ0n) is 9.78. The molecule has 1 aromatic carbocycles. The van der Waals surface area contributed by atoms with Crippen LogP contribution in [0.3, 0.4) is 0 Å². The van der Waals surface area contributed by atoms with Crippen LogP contribution in [0.25, 0.3) is 10.8 Å². The van der Waals surface area contributed by atoms with Crippen LogP contribution in [0.2, 0.25) is 0 Å². The summed E-state index contributed by atoms with van der Waals surface area (Å²) in [5.74, 6) is -0.261. The lowest BCUT2D eigenvalue weighted by molar-refractivity contribution is 0.0938. The van der Waals surface area contributed by atoms with Gasteiger partial charge in [0.15, 0.2) is 0 Å². The van der Waals surface area contributed by atoms with Crippen LogP contribution in [0, 0.1) is 0 Å². The minimum absolute atomic E-state index is 0.0393. The number of H-pyrrole nitrogens is 1. The summed E-state index contributed by atoms with van der Waals surface area (Å²) in [6.45, 7) is 3.74. The highest BCUT2D eigenvalue weighted by atomic mass is 16.2. The number of benzene rings is 1. The molecule has 1 aromatic heterocycles. The maximum absolute atomic E-state index is 11.8. The van der Waals surface area contributed by atoms with E-state index in [0.29, 0.717) is 11.1 Å². The largest absolute Gasteiger partial charge is 0.349 e. The SMILES string of the molecule is CC(C)NC(=O)c1cc2ccccc2c(=O)[nH]1. The summed E-state index contributed by atoms with van der Waals surface area (Å²) < 4.78 is 0. The van der Waals surface area contributed by atoms with E-state index in [0.717, 1.165) is 5.39 Å². The number of carbonyl (C=O) groups excluding carboxylic acids is 1. The molecule has 1 heterocycles. The Morgan fingerprint density at radius 3 is 2.71 bits per heavy atom. The van der Waals surface area contributed by atoms with Gasteiger partial charge in [-0.3, -0.25) is 9.59 Å². The first-order valence-corrected chi connectivity index (χ1v) is 5.51. The average molecular weight is 230 g/mol. The van der Waals surface area contributed by atoms with Crippen molar-refractivity contribution in [3.05, 3.63) is 46.4 Å². The number of aromatic amines is 1. The molecule has 2 N–H and O–H groups in total. The van der Waals surface area contributed by atoms with Crippen LogP contribution >= 0.6 is 0 Å². The maximum Gasteiger partial charge on any atom is 0.268 e. The molecule has 0 atom stereocenters. The van der Waals surface area contributed by atoms with Gasteiger partial charge in [-0.05, 0) is 31.4 Å². The smallest absolute Gasteiger partial charge is 0.268 e. The van der Waals surface area contributed by atoms with Gasteiger partial charge in [0.05, 0.1) is 0 Å². The van der Waals surface area contributed by atoms with Gasteiger partial charge < -0.3 is 10.3 Å². The minimum Gasteiger partial charge on any atom is -0.349 e. The van der Waals surface area contributed by atoms with Crippen molar-refractivity contribution in [2.45, 2.75) is 19.9 Å².